The van der Waals surface area contributed by atoms with Crippen LogP contribution in [0.2, 0.25) is 5.02 Å². The van der Waals surface area contributed by atoms with E-state index in [9.17, 15) is 13.2 Å². The first kappa shape index (κ1) is 19.4. The zero-order valence-electron chi connectivity index (χ0n) is 13.9. The van der Waals surface area contributed by atoms with Crippen molar-refractivity contribution < 1.29 is 13.2 Å². The zero-order chi connectivity index (χ0) is 18.3. The van der Waals surface area contributed by atoms with E-state index in [0.29, 0.717) is 5.82 Å². The number of amides is 1. The number of unbranched alkanes of at least 4 members (excludes halogenated alkanes) is 1. The molecule has 9 heteroatoms. The lowest BCUT2D eigenvalue weighted by molar-refractivity contribution is -0.116. The lowest BCUT2D eigenvalue weighted by Gasteiger charge is -2.10. The molecule has 25 heavy (non-hydrogen) atoms. The Bertz CT molecular complexity index is 820. The van der Waals surface area contributed by atoms with Crippen molar-refractivity contribution in [2.75, 3.05) is 11.9 Å². The molecule has 136 valence electrons. The Morgan fingerprint density at radius 1 is 1.28 bits per heavy atom. The van der Waals surface area contributed by atoms with Crippen molar-refractivity contribution in [2.24, 2.45) is 0 Å². The van der Waals surface area contributed by atoms with Gasteiger partial charge in [-0.3, -0.25) is 4.79 Å². The molecule has 0 bridgehead atoms. The predicted octanol–water partition coefficient (Wildman–Crippen LogP) is 2.64. The first-order valence-corrected chi connectivity index (χ1v) is 9.86. The lowest BCUT2D eigenvalue weighted by atomic mass is 10.3. The summed E-state index contributed by atoms with van der Waals surface area (Å²) >= 11 is 5.90. The Morgan fingerprint density at radius 3 is 2.76 bits per heavy atom. The van der Waals surface area contributed by atoms with E-state index >= 15 is 0 Å². The maximum atomic E-state index is 12.2. The summed E-state index contributed by atoms with van der Waals surface area (Å²) in [5, 5.41) is 7.03. The summed E-state index contributed by atoms with van der Waals surface area (Å²) in [6.45, 7) is 2.77. The number of sulfonamides is 1. The van der Waals surface area contributed by atoms with Gasteiger partial charge in [-0.1, -0.05) is 37.1 Å². The molecule has 0 atom stereocenters. The first-order chi connectivity index (χ1) is 11.9. The molecule has 0 saturated heterocycles. The summed E-state index contributed by atoms with van der Waals surface area (Å²) < 4.78 is 28.5. The van der Waals surface area contributed by atoms with Crippen LogP contribution >= 0.6 is 11.6 Å². The number of aromatic nitrogens is 2. The van der Waals surface area contributed by atoms with Crippen molar-refractivity contribution in [3.8, 4) is 0 Å². The molecule has 0 saturated carbocycles. The average molecular weight is 385 g/mol. The fourth-order valence-corrected chi connectivity index (χ4v) is 3.72. The third-order valence-corrected chi connectivity index (χ3v) is 5.44. The molecule has 1 amide bonds. The number of hydrogen-bond acceptors (Lipinski definition) is 4. The molecule has 0 spiro atoms. The number of hydrogen-bond donors (Lipinski definition) is 2. The number of carbonyl (C=O) groups excluding carboxylic acids is 1. The number of benzene rings is 1. The summed E-state index contributed by atoms with van der Waals surface area (Å²) in [4.78, 5) is 12.0. The third kappa shape index (κ3) is 5.55. The normalized spacial score (nSPS) is 11.4. The van der Waals surface area contributed by atoms with Gasteiger partial charge < -0.3 is 5.32 Å². The van der Waals surface area contributed by atoms with E-state index in [-0.39, 0.29) is 28.8 Å². The fraction of sp³-hybridized carbons (Fsp3) is 0.375. The molecule has 0 aliphatic heterocycles. The molecule has 2 N–H and O–H groups in total. The molecular formula is C16H21ClN4O3S. The standard InChI is InChI=1S/C16H21ClN4O3S/c1-2-3-12-21-15(8-10-18-21)20-16(22)9-11-19-25(23,24)14-7-5-4-6-13(14)17/h4-8,10,19H,2-3,9,11-12H2,1H3,(H,20,22). The second kappa shape index (κ2) is 8.98. The van der Waals surface area contributed by atoms with Crippen molar-refractivity contribution in [1.82, 2.24) is 14.5 Å². The van der Waals surface area contributed by atoms with Gasteiger partial charge in [-0.15, -0.1) is 0 Å². The summed E-state index contributed by atoms with van der Waals surface area (Å²) in [5.41, 5.74) is 0. The molecule has 1 aromatic carbocycles. The van der Waals surface area contributed by atoms with Crippen LogP contribution in [0.25, 0.3) is 0 Å². The predicted molar refractivity (Wildman–Crippen MR) is 97.0 cm³/mol. The highest BCUT2D eigenvalue weighted by atomic mass is 35.5. The highest BCUT2D eigenvalue weighted by molar-refractivity contribution is 7.89. The van der Waals surface area contributed by atoms with Gasteiger partial charge in [0.15, 0.2) is 0 Å². The third-order valence-electron chi connectivity index (χ3n) is 3.48. The van der Waals surface area contributed by atoms with Gasteiger partial charge in [0.05, 0.1) is 11.2 Å². The molecule has 2 rings (SSSR count). The zero-order valence-corrected chi connectivity index (χ0v) is 15.5. The number of halogens is 1. The van der Waals surface area contributed by atoms with E-state index in [1.165, 1.54) is 12.1 Å². The number of aryl methyl sites for hydroxylation is 1. The number of anilines is 1. The van der Waals surface area contributed by atoms with Crippen LogP contribution in [0.4, 0.5) is 5.82 Å². The van der Waals surface area contributed by atoms with Crippen LogP contribution in [0, 0.1) is 0 Å². The van der Waals surface area contributed by atoms with Gasteiger partial charge in [-0.05, 0) is 18.6 Å². The SMILES string of the molecule is CCCCn1nccc1NC(=O)CCNS(=O)(=O)c1ccccc1Cl. The van der Waals surface area contributed by atoms with Crippen LogP contribution in [0.15, 0.2) is 41.4 Å². The van der Waals surface area contributed by atoms with Crippen molar-refractivity contribution >= 4 is 33.3 Å². The van der Waals surface area contributed by atoms with E-state index < -0.39 is 10.0 Å². The average Bonchev–Trinajstić information content (AvgIpc) is 3.00. The van der Waals surface area contributed by atoms with Crippen molar-refractivity contribution in [1.29, 1.82) is 0 Å². The molecule has 1 heterocycles. The Kier molecular flexibility index (Phi) is 6.98. The molecule has 1 aromatic heterocycles. The second-order valence-electron chi connectivity index (χ2n) is 5.42. The van der Waals surface area contributed by atoms with E-state index in [2.05, 4.69) is 22.1 Å². The first-order valence-electron chi connectivity index (χ1n) is 8.00. The lowest BCUT2D eigenvalue weighted by Crippen LogP contribution is -2.28. The minimum absolute atomic E-state index is 0.00262. The number of carbonyl (C=O) groups is 1. The summed E-state index contributed by atoms with van der Waals surface area (Å²) in [6.07, 6.45) is 3.60. The molecule has 0 aliphatic carbocycles. The Balaban J connectivity index is 1.87. The van der Waals surface area contributed by atoms with E-state index in [0.717, 1.165) is 19.4 Å². The Labute approximate surface area is 152 Å². The van der Waals surface area contributed by atoms with Gasteiger partial charge in [0.25, 0.3) is 0 Å². The summed E-state index contributed by atoms with van der Waals surface area (Å²) in [6, 6.07) is 7.86. The quantitative estimate of drug-likeness (QED) is 0.695. The van der Waals surface area contributed by atoms with Gasteiger partial charge >= 0.3 is 0 Å². The molecule has 0 unspecified atom stereocenters. The van der Waals surface area contributed by atoms with Gasteiger partial charge in [0, 0.05) is 25.6 Å². The van der Waals surface area contributed by atoms with Crippen LogP contribution in [0.5, 0.6) is 0 Å². The fourth-order valence-electron chi connectivity index (χ4n) is 2.17. The van der Waals surface area contributed by atoms with Crippen molar-refractivity contribution in [2.45, 2.75) is 37.6 Å². The highest BCUT2D eigenvalue weighted by Crippen LogP contribution is 2.20. The van der Waals surface area contributed by atoms with Gasteiger partial charge in [-0.2, -0.15) is 5.10 Å². The molecule has 0 radical (unpaired) electrons. The van der Waals surface area contributed by atoms with Crippen molar-refractivity contribution in [3.05, 3.63) is 41.6 Å². The molecule has 7 nitrogen and oxygen atoms in total. The maximum Gasteiger partial charge on any atom is 0.242 e. The number of nitrogens with zero attached hydrogens (tertiary/aromatic N) is 2. The summed E-state index contributed by atoms with van der Waals surface area (Å²) in [5.74, 6) is 0.313. The van der Waals surface area contributed by atoms with Gasteiger partial charge in [-0.25, -0.2) is 17.8 Å². The van der Waals surface area contributed by atoms with Crippen LogP contribution in [-0.2, 0) is 21.4 Å². The van der Waals surface area contributed by atoms with Crippen LogP contribution in [0.1, 0.15) is 26.2 Å². The van der Waals surface area contributed by atoms with Gasteiger partial charge in [0.2, 0.25) is 15.9 Å². The molecule has 0 aliphatic rings. The molecule has 2 aromatic rings. The van der Waals surface area contributed by atoms with Crippen LogP contribution in [-0.4, -0.2) is 30.7 Å². The van der Waals surface area contributed by atoms with Gasteiger partial charge in [0.1, 0.15) is 10.7 Å². The topological polar surface area (TPSA) is 93.1 Å². The largest absolute Gasteiger partial charge is 0.311 e. The van der Waals surface area contributed by atoms with Crippen LogP contribution < -0.4 is 10.0 Å². The van der Waals surface area contributed by atoms with E-state index in [1.807, 2.05) is 0 Å². The van der Waals surface area contributed by atoms with Crippen molar-refractivity contribution in [3.63, 3.8) is 0 Å². The molecular weight excluding hydrogens is 364 g/mol. The number of rotatable bonds is 9. The summed E-state index contributed by atoms with van der Waals surface area (Å²) in [7, 11) is -3.75. The highest BCUT2D eigenvalue weighted by Gasteiger charge is 2.17. The second-order valence-corrected chi connectivity index (χ2v) is 7.56. The smallest absolute Gasteiger partial charge is 0.242 e. The maximum absolute atomic E-state index is 12.2. The minimum atomic E-state index is -3.75. The number of nitrogens with one attached hydrogen (secondary N) is 2. The Hall–Kier alpha value is -1.90. The van der Waals surface area contributed by atoms with E-state index in [1.54, 1.807) is 29.1 Å². The van der Waals surface area contributed by atoms with Crippen LogP contribution in [0.3, 0.4) is 0 Å². The monoisotopic (exact) mass is 384 g/mol. The molecule has 0 fully saturated rings. The Morgan fingerprint density at radius 2 is 2.04 bits per heavy atom. The van der Waals surface area contributed by atoms with E-state index in [4.69, 9.17) is 11.6 Å². The minimum Gasteiger partial charge on any atom is -0.311 e.